The standard InChI is InChI=1S/C15H17N3O/c1-9-13(17)14(15(9)19)18-5-4-11-3-2-10(7-16)6-12(11)8-18/h2-3,6H,1,4-5,7-8,16-17H2. The van der Waals surface area contributed by atoms with Gasteiger partial charge < -0.3 is 16.4 Å². The molecule has 0 unspecified atom stereocenters. The Morgan fingerprint density at radius 1 is 1.32 bits per heavy atom. The monoisotopic (exact) mass is 255 g/mol. The molecule has 19 heavy (non-hydrogen) atoms. The molecule has 0 saturated heterocycles. The number of nitrogens with two attached hydrogens (primary N) is 2. The number of rotatable bonds is 2. The molecule has 0 bridgehead atoms. The highest BCUT2D eigenvalue weighted by atomic mass is 16.1. The van der Waals surface area contributed by atoms with E-state index >= 15 is 0 Å². The van der Waals surface area contributed by atoms with Crippen molar-refractivity contribution in [3.05, 3.63) is 58.4 Å². The number of allylic oxidation sites excluding steroid dienone is 2. The molecule has 1 aliphatic carbocycles. The number of carbonyl (C=O) groups is 1. The molecule has 4 N–H and O–H groups in total. The minimum absolute atomic E-state index is 0.0177. The molecule has 0 amide bonds. The van der Waals surface area contributed by atoms with Crippen molar-refractivity contribution in [1.29, 1.82) is 0 Å². The Morgan fingerprint density at radius 2 is 2.11 bits per heavy atom. The van der Waals surface area contributed by atoms with Gasteiger partial charge in [0.1, 0.15) is 5.70 Å². The van der Waals surface area contributed by atoms with E-state index in [2.05, 4.69) is 29.7 Å². The van der Waals surface area contributed by atoms with Crippen LogP contribution >= 0.6 is 0 Å². The molecule has 0 fully saturated rings. The minimum Gasteiger partial charge on any atom is -0.396 e. The molecule has 0 spiro atoms. The van der Waals surface area contributed by atoms with Gasteiger partial charge in [-0.05, 0) is 23.1 Å². The van der Waals surface area contributed by atoms with Gasteiger partial charge in [0.15, 0.2) is 0 Å². The van der Waals surface area contributed by atoms with Crippen LogP contribution in [0, 0.1) is 0 Å². The van der Waals surface area contributed by atoms with Crippen LogP contribution in [0.5, 0.6) is 0 Å². The molecule has 1 heterocycles. The van der Waals surface area contributed by atoms with Gasteiger partial charge in [0.2, 0.25) is 5.78 Å². The molecule has 3 rings (SSSR count). The molecule has 2 aliphatic rings. The first-order valence-corrected chi connectivity index (χ1v) is 6.41. The van der Waals surface area contributed by atoms with E-state index in [9.17, 15) is 4.79 Å². The number of benzene rings is 1. The molecule has 1 aliphatic heterocycles. The van der Waals surface area contributed by atoms with E-state index in [1.807, 2.05) is 0 Å². The fourth-order valence-corrected chi connectivity index (χ4v) is 2.71. The average molecular weight is 255 g/mol. The number of hydrogen-bond donors (Lipinski definition) is 2. The Hall–Kier alpha value is -2.07. The summed E-state index contributed by atoms with van der Waals surface area (Å²) in [6, 6.07) is 6.32. The second-order valence-electron chi connectivity index (χ2n) is 5.05. The third kappa shape index (κ3) is 1.76. The summed E-state index contributed by atoms with van der Waals surface area (Å²) in [6.45, 7) is 5.74. The van der Waals surface area contributed by atoms with Gasteiger partial charge >= 0.3 is 0 Å². The SMILES string of the molecule is C=C1C(=O)C(N2CCc3ccc(CN)cc3C2)=C1N. The second-order valence-corrected chi connectivity index (χ2v) is 5.05. The Labute approximate surface area is 112 Å². The fraction of sp³-hybridized carbons (Fsp3) is 0.267. The highest BCUT2D eigenvalue weighted by molar-refractivity contribution is 6.18. The first kappa shape index (κ1) is 12.0. The van der Waals surface area contributed by atoms with E-state index in [1.165, 1.54) is 11.1 Å². The van der Waals surface area contributed by atoms with Crippen molar-refractivity contribution >= 4 is 5.78 Å². The lowest BCUT2D eigenvalue weighted by Crippen LogP contribution is -2.41. The van der Waals surface area contributed by atoms with Crippen molar-refractivity contribution in [3.63, 3.8) is 0 Å². The maximum atomic E-state index is 11.8. The number of nitrogens with zero attached hydrogens (tertiary/aromatic N) is 1. The smallest absolute Gasteiger partial charge is 0.212 e. The van der Waals surface area contributed by atoms with Crippen molar-refractivity contribution in [1.82, 2.24) is 4.90 Å². The summed E-state index contributed by atoms with van der Waals surface area (Å²) in [5.41, 5.74) is 16.8. The summed E-state index contributed by atoms with van der Waals surface area (Å²) >= 11 is 0. The Morgan fingerprint density at radius 3 is 2.79 bits per heavy atom. The van der Waals surface area contributed by atoms with Gasteiger partial charge in [0.05, 0.1) is 5.70 Å². The van der Waals surface area contributed by atoms with Crippen LogP contribution in [0.15, 0.2) is 41.7 Å². The molecule has 1 aromatic carbocycles. The van der Waals surface area contributed by atoms with Crippen LogP contribution in [0.3, 0.4) is 0 Å². The van der Waals surface area contributed by atoms with E-state index in [-0.39, 0.29) is 5.78 Å². The maximum Gasteiger partial charge on any atom is 0.212 e. The van der Waals surface area contributed by atoms with Crippen molar-refractivity contribution < 1.29 is 4.79 Å². The lowest BCUT2D eigenvalue weighted by Gasteiger charge is -2.37. The van der Waals surface area contributed by atoms with Crippen molar-refractivity contribution in [3.8, 4) is 0 Å². The summed E-state index contributed by atoms with van der Waals surface area (Å²) < 4.78 is 0. The van der Waals surface area contributed by atoms with Crippen molar-refractivity contribution in [2.75, 3.05) is 6.54 Å². The first-order chi connectivity index (χ1) is 9.11. The molecule has 0 radical (unpaired) electrons. The lowest BCUT2D eigenvalue weighted by molar-refractivity contribution is -0.115. The van der Waals surface area contributed by atoms with Crippen LogP contribution in [-0.2, 0) is 24.3 Å². The minimum atomic E-state index is -0.0177. The van der Waals surface area contributed by atoms with Crippen LogP contribution in [0.25, 0.3) is 0 Å². The van der Waals surface area contributed by atoms with Crippen LogP contribution in [0.2, 0.25) is 0 Å². The molecule has 4 heteroatoms. The molecule has 0 atom stereocenters. The Balaban J connectivity index is 1.90. The summed E-state index contributed by atoms with van der Waals surface area (Å²) in [4.78, 5) is 13.9. The average Bonchev–Trinajstić information content (AvgIpc) is 2.46. The largest absolute Gasteiger partial charge is 0.396 e. The second kappa shape index (κ2) is 4.24. The summed E-state index contributed by atoms with van der Waals surface area (Å²) in [6.07, 6.45) is 0.927. The molecule has 0 saturated carbocycles. The van der Waals surface area contributed by atoms with Gasteiger partial charge in [-0.2, -0.15) is 0 Å². The molecular weight excluding hydrogens is 238 g/mol. The maximum absolute atomic E-state index is 11.8. The Kier molecular flexibility index (Phi) is 2.68. The number of Topliss-reactive ketones (excluding diaryl/α,β-unsaturated/α-hetero) is 1. The number of hydrogen-bond acceptors (Lipinski definition) is 4. The predicted octanol–water partition coefficient (Wildman–Crippen LogP) is 0.813. The van der Waals surface area contributed by atoms with E-state index in [4.69, 9.17) is 11.5 Å². The first-order valence-electron chi connectivity index (χ1n) is 6.41. The zero-order valence-corrected chi connectivity index (χ0v) is 10.8. The van der Waals surface area contributed by atoms with E-state index < -0.39 is 0 Å². The van der Waals surface area contributed by atoms with Crippen LogP contribution in [0.1, 0.15) is 16.7 Å². The van der Waals surface area contributed by atoms with Crippen LogP contribution in [-0.4, -0.2) is 17.2 Å². The van der Waals surface area contributed by atoms with Crippen LogP contribution in [0.4, 0.5) is 0 Å². The molecule has 4 nitrogen and oxygen atoms in total. The van der Waals surface area contributed by atoms with E-state index in [0.717, 1.165) is 25.1 Å². The van der Waals surface area contributed by atoms with E-state index in [0.29, 0.717) is 23.5 Å². The third-order valence-corrected chi connectivity index (χ3v) is 3.90. The summed E-state index contributed by atoms with van der Waals surface area (Å²) in [5.74, 6) is -0.0177. The van der Waals surface area contributed by atoms with Gasteiger partial charge in [0, 0.05) is 25.2 Å². The number of carbonyl (C=O) groups excluding carboxylic acids is 1. The zero-order chi connectivity index (χ0) is 13.6. The molecule has 0 aromatic heterocycles. The highest BCUT2D eigenvalue weighted by Gasteiger charge is 2.35. The fourth-order valence-electron chi connectivity index (χ4n) is 2.71. The van der Waals surface area contributed by atoms with Crippen molar-refractivity contribution in [2.45, 2.75) is 19.5 Å². The molecular formula is C15H17N3O. The topological polar surface area (TPSA) is 72.3 Å². The Bertz CT molecular complexity index is 616. The van der Waals surface area contributed by atoms with Gasteiger partial charge in [-0.3, -0.25) is 4.79 Å². The van der Waals surface area contributed by atoms with E-state index in [1.54, 1.807) is 0 Å². The third-order valence-electron chi connectivity index (χ3n) is 3.90. The predicted molar refractivity (Wildman–Crippen MR) is 73.8 cm³/mol. The molecule has 1 aromatic rings. The van der Waals surface area contributed by atoms with Gasteiger partial charge in [-0.15, -0.1) is 0 Å². The number of ketones is 1. The highest BCUT2D eigenvalue weighted by Crippen LogP contribution is 2.32. The van der Waals surface area contributed by atoms with Gasteiger partial charge in [-0.25, -0.2) is 0 Å². The number of fused-ring (bicyclic) bond motifs is 1. The van der Waals surface area contributed by atoms with Gasteiger partial charge in [-0.1, -0.05) is 24.8 Å². The summed E-state index contributed by atoms with van der Waals surface area (Å²) in [7, 11) is 0. The zero-order valence-electron chi connectivity index (χ0n) is 10.8. The quantitative estimate of drug-likeness (QED) is 0.767. The van der Waals surface area contributed by atoms with Crippen LogP contribution < -0.4 is 11.5 Å². The summed E-state index contributed by atoms with van der Waals surface area (Å²) in [5, 5.41) is 0. The van der Waals surface area contributed by atoms with Gasteiger partial charge in [0.25, 0.3) is 0 Å². The normalized spacial score (nSPS) is 18.5. The lowest BCUT2D eigenvalue weighted by atomic mass is 9.89. The molecule has 98 valence electrons. The van der Waals surface area contributed by atoms with Crippen molar-refractivity contribution in [2.24, 2.45) is 11.5 Å².